The predicted molar refractivity (Wildman–Crippen MR) is 62.5 cm³/mol. The number of fused-ring (bicyclic) bond motifs is 1. The first-order valence-electron chi connectivity index (χ1n) is 5.56. The zero-order valence-electron chi connectivity index (χ0n) is 9.73. The van der Waals surface area contributed by atoms with Gasteiger partial charge in [0.25, 0.3) is 0 Å². The second-order valence-corrected chi connectivity index (χ2v) is 4.91. The Labute approximate surface area is 98.1 Å². The molecule has 1 aromatic carbocycles. The lowest BCUT2D eigenvalue weighted by atomic mass is 9.95. The van der Waals surface area contributed by atoms with E-state index in [0.29, 0.717) is 5.58 Å². The third-order valence-corrected chi connectivity index (χ3v) is 3.84. The van der Waals surface area contributed by atoms with Crippen molar-refractivity contribution >= 4 is 11.1 Å². The van der Waals surface area contributed by atoms with Crippen LogP contribution in [0.3, 0.4) is 0 Å². The molecule has 0 N–H and O–H groups in total. The Bertz CT molecular complexity index is 704. The van der Waals surface area contributed by atoms with Crippen molar-refractivity contribution in [1.29, 1.82) is 5.26 Å². The highest BCUT2D eigenvalue weighted by atomic mass is 16.4. The zero-order chi connectivity index (χ0) is 12.2. The number of rotatable bonds is 1. The molecule has 1 fully saturated rings. The second-order valence-electron chi connectivity index (χ2n) is 4.91. The zero-order valence-corrected chi connectivity index (χ0v) is 9.73. The van der Waals surface area contributed by atoms with Crippen LogP contribution >= 0.6 is 0 Å². The molecule has 3 rings (SSSR count). The minimum absolute atomic E-state index is 0.0721. The molecule has 2 aromatic rings. The topological polar surface area (TPSA) is 58.9 Å². The molecule has 0 radical (unpaired) electrons. The minimum Gasteiger partial charge on any atom is -0.408 e. The molecule has 1 heterocycles. The van der Waals surface area contributed by atoms with E-state index in [1.54, 1.807) is 7.05 Å². The van der Waals surface area contributed by atoms with Gasteiger partial charge in [0.2, 0.25) is 0 Å². The van der Waals surface area contributed by atoms with Crippen LogP contribution in [0, 0.1) is 17.2 Å². The van der Waals surface area contributed by atoms with E-state index in [0.717, 1.165) is 17.5 Å². The summed E-state index contributed by atoms with van der Waals surface area (Å²) in [6.45, 7) is 2.07. The fraction of sp³-hybridized carbons (Fsp3) is 0.385. The predicted octanol–water partition coefficient (Wildman–Crippen LogP) is 1.93. The first-order valence-corrected chi connectivity index (χ1v) is 5.56. The number of benzene rings is 1. The molecule has 0 aliphatic heterocycles. The van der Waals surface area contributed by atoms with Gasteiger partial charge in [-0.3, -0.25) is 4.57 Å². The van der Waals surface area contributed by atoms with Gasteiger partial charge in [0.1, 0.15) is 0 Å². The van der Waals surface area contributed by atoms with Crippen molar-refractivity contribution in [1.82, 2.24) is 4.57 Å². The Balaban J connectivity index is 2.16. The van der Waals surface area contributed by atoms with Gasteiger partial charge in [0, 0.05) is 12.5 Å². The van der Waals surface area contributed by atoms with Crippen LogP contribution in [0.1, 0.15) is 18.9 Å². The van der Waals surface area contributed by atoms with Crippen LogP contribution in [0.15, 0.2) is 27.4 Å². The Morgan fingerprint density at radius 2 is 2.35 bits per heavy atom. The minimum atomic E-state index is -0.352. The normalized spacial score (nSPS) is 27.0. The fourth-order valence-corrected chi connectivity index (χ4v) is 2.36. The standard InChI is InChI=1S/C13H12N2O2/c1-13(6-9(13)7-14)8-3-4-10-11(5-8)17-12(16)15(10)2/h3-5,9H,6H2,1-2H3. The molecule has 0 saturated heterocycles. The highest BCUT2D eigenvalue weighted by Crippen LogP contribution is 2.53. The summed E-state index contributed by atoms with van der Waals surface area (Å²) in [5.41, 5.74) is 2.39. The molecule has 4 nitrogen and oxygen atoms in total. The van der Waals surface area contributed by atoms with Crippen molar-refractivity contribution in [2.45, 2.75) is 18.8 Å². The van der Waals surface area contributed by atoms with Gasteiger partial charge >= 0.3 is 5.76 Å². The van der Waals surface area contributed by atoms with Crippen LogP contribution in [0.25, 0.3) is 11.1 Å². The third-order valence-electron chi connectivity index (χ3n) is 3.84. The lowest BCUT2D eigenvalue weighted by molar-refractivity contribution is 0.527. The van der Waals surface area contributed by atoms with Gasteiger partial charge in [-0.2, -0.15) is 5.26 Å². The average Bonchev–Trinajstić information content (AvgIpc) is 2.92. The van der Waals surface area contributed by atoms with Crippen molar-refractivity contribution in [3.05, 3.63) is 34.3 Å². The van der Waals surface area contributed by atoms with Crippen LogP contribution in [-0.4, -0.2) is 4.57 Å². The molecule has 2 unspecified atom stereocenters. The van der Waals surface area contributed by atoms with Crippen molar-refractivity contribution in [2.75, 3.05) is 0 Å². The highest BCUT2D eigenvalue weighted by molar-refractivity contribution is 5.74. The van der Waals surface area contributed by atoms with Crippen molar-refractivity contribution < 1.29 is 4.42 Å². The van der Waals surface area contributed by atoms with Crippen LogP contribution < -0.4 is 5.76 Å². The van der Waals surface area contributed by atoms with E-state index < -0.39 is 0 Å². The van der Waals surface area contributed by atoms with Gasteiger partial charge in [-0.25, -0.2) is 4.79 Å². The molecule has 0 spiro atoms. The van der Waals surface area contributed by atoms with Crippen LogP contribution in [-0.2, 0) is 12.5 Å². The Kier molecular flexibility index (Phi) is 1.80. The molecule has 1 aliphatic rings. The Morgan fingerprint density at radius 3 is 3.00 bits per heavy atom. The molecule has 0 amide bonds. The first kappa shape index (κ1) is 10.2. The molecular weight excluding hydrogens is 216 g/mol. The largest absolute Gasteiger partial charge is 0.419 e. The number of hydrogen-bond acceptors (Lipinski definition) is 3. The summed E-state index contributed by atoms with van der Waals surface area (Å²) in [7, 11) is 1.69. The monoisotopic (exact) mass is 228 g/mol. The fourth-order valence-electron chi connectivity index (χ4n) is 2.36. The van der Waals surface area contributed by atoms with E-state index in [9.17, 15) is 4.79 Å². The number of oxazole rings is 1. The maximum absolute atomic E-state index is 11.4. The van der Waals surface area contributed by atoms with Crippen LogP contribution in [0.5, 0.6) is 0 Å². The van der Waals surface area contributed by atoms with Gasteiger partial charge < -0.3 is 4.42 Å². The van der Waals surface area contributed by atoms with Crippen molar-refractivity contribution in [2.24, 2.45) is 13.0 Å². The molecule has 4 heteroatoms. The van der Waals surface area contributed by atoms with Crippen LogP contribution in [0.2, 0.25) is 0 Å². The number of aromatic nitrogens is 1. The van der Waals surface area contributed by atoms with E-state index in [4.69, 9.17) is 9.68 Å². The maximum atomic E-state index is 11.4. The van der Waals surface area contributed by atoms with Gasteiger partial charge in [-0.05, 0) is 24.1 Å². The van der Waals surface area contributed by atoms with E-state index >= 15 is 0 Å². The van der Waals surface area contributed by atoms with Crippen molar-refractivity contribution in [3.63, 3.8) is 0 Å². The summed E-state index contributed by atoms with van der Waals surface area (Å²) in [4.78, 5) is 11.4. The van der Waals surface area contributed by atoms with Gasteiger partial charge in [-0.1, -0.05) is 13.0 Å². The summed E-state index contributed by atoms with van der Waals surface area (Å²) < 4.78 is 6.64. The Morgan fingerprint density at radius 1 is 1.59 bits per heavy atom. The van der Waals surface area contributed by atoms with Gasteiger partial charge in [0.15, 0.2) is 5.58 Å². The molecule has 2 atom stereocenters. The molecular formula is C13H12N2O2. The van der Waals surface area contributed by atoms with Gasteiger partial charge in [-0.15, -0.1) is 0 Å². The summed E-state index contributed by atoms with van der Waals surface area (Å²) in [6.07, 6.45) is 0.881. The summed E-state index contributed by atoms with van der Waals surface area (Å²) in [5.74, 6) is -0.273. The van der Waals surface area contributed by atoms with Gasteiger partial charge in [0.05, 0.1) is 17.5 Å². The lowest BCUT2D eigenvalue weighted by Gasteiger charge is -2.08. The quantitative estimate of drug-likeness (QED) is 0.749. The summed E-state index contributed by atoms with van der Waals surface area (Å²) >= 11 is 0. The molecule has 0 bridgehead atoms. The summed E-state index contributed by atoms with van der Waals surface area (Å²) in [6, 6.07) is 8.04. The number of hydrogen-bond donors (Lipinski definition) is 0. The smallest absolute Gasteiger partial charge is 0.408 e. The lowest BCUT2D eigenvalue weighted by Crippen LogP contribution is -2.08. The number of aryl methyl sites for hydroxylation is 1. The highest BCUT2D eigenvalue weighted by Gasteiger charge is 2.51. The SMILES string of the molecule is Cn1c(=O)oc2cc(C3(C)CC3C#N)ccc21. The average molecular weight is 228 g/mol. The van der Waals surface area contributed by atoms with E-state index in [-0.39, 0.29) is 17.1 Å². The maximum Gasteiger partial charge on any atom is 0.419 e. The molecule has 1 saturated carbocycles. The number of nitrogens with zero attached hydrogens (tertiary/aromatic N) is 2. The molecule has 1 aromatic heterocycles. The van der Waals surface area contributed by atoms with E-state index in [1.807, 2.05) is 18.2 Å². The Hall–Kier alpha value is -2.02. The van der Waals surface area contributed by atoms with Crippen LogP contribution in [0.4, 0.5) is 0 Å². The van der Waals surface area contributed by atoms with E-state index in [1.165, 1.54) is 4.57 Å². The third kappa shape index (κ3) is 1.26. The van der Waals surface area contributed by atoms with Crippen molar-refractivity contribution in [3.8, 4) is 6.07 Å². The number of nitriles is 1. The molecule has 1 aliphatic carbocycles. The molecule has 86 valence electrons. The van der Waals surface area contributed by atoms with E-state index in [2.05, 4.69) is 13.0 Å². The second kappa shape index (κ2) is 3.01. The molecule has 17 heavy (non-hydrogen) atoms. The summed E-state index contributed by atoms with van der Waals surface area (Å²) in [5, 5.41) is 8.94. The first-order chi connectivity index (χ1) is 8.06.